The number of aromatic nitrogens is 1. The van der Waals surface area contributed by atoms with Crippen LogP contribution in [0.15, 0.2) is 34.8 Å². The molecule has 2 nitrogen and oxygen atoms in total. The average Bonchev–Trinajstić information content (AvgIpc) is 2.69. The number of likely N-dealkylation sites (N-methyl/N-ethyl adjacent to an activating group) is 1. The second-order valence-electron chi connectivity index (χ2n) is 5.19. The van der Waals surface area contributed by atoms with Crippen molar-refractivity contribution in [3.63, 3.8) is 0 Å². The SMILES string of the molecule is Cc1cc2c([nH]1)CN(C)CC2c1ccc(Br)cc1. The normalized spacial score (nSPS) is 19.8. The minimum Gasteiger partial charge on any atom is -0.361 e. The Bertz CT molecular complexity index is 556. The maximum atomic E-state index is 3.50. The zero-order valence-corrected chi connectivity index (χ0v) is 12.3. The molecule has 0 bridgehead atoms. The molecule has 1 unspecified atom stereocenters. The number of rotatable bonds is 1. The van der Waals surface area contributed by atoms with Gasteiger partial charge in [0, 0.05) is 34.9 Å². The quantitative estimate of drug-likeness (QED) is 0.852. The second-order valence-corrected chi connectivity index (χ2v) is 6.10. The first-order valence-corrected chi connectivity index (χ1v) is 7.05. The molecular formula is C15H17BrN2. The van der Waals surface area contributed by atoms with Gasteiger partial charge in [-0.25, -0.2) is 0 Å². The zero-order valence-electron chi connectivity index (χ0n) is 10.7. The number of aryl methyl sites for hydroxylation is 1. The molecule has 2 heterocycles. The first-order valence-electron chi connectivity index (χ1n) is 6.26. The third-order valence-electron chi connectivity index (χ3n) is 3.64. The fraction of sp³-hybridized carbons (Fsp3) is 0.333. The number of nitrogens with zero attached hydrogens (tertiary/aromatic N) is 1. The van der Waals surface area contributed by atoms with E-state index >= 15 is 0 Å². The lowest BCUT2D eigenvalue weighted by atomic mass is 9.88. The van der Waals surface area contributed by atoms with Crippen molar-refractivity contribution in [3.05, 3.63) is 57.3 Å². The van der Waals surface area contributed by atoms with Gasteiger partial charge in [-0.3, -0.25) is 4.90 Å². The molecule has 0 aliphatic carbocycles. The molecule has 0 amide bonds. The number of H-pyrrole nitrogens is 1. The van der Waals surface area contributed by atoms with Crippen LogP contribution in [0, 0.1) is 6.92 Å². The molecule has 3 rings (SSSR count). The van der Waals surface area contributed by atoms with Crippen LogP contribution in [0.25, 0.3) is 0 Å². The molecule has 94 valence electrons. The van der Waals surface area contributed by atoms with Gasteiger partial charge in [0.1, 0.15) is 0 Å². The minimum atomic E-state index is 0.483. The first kappa shape index (κ1) is 12.0. The highest BCUT2D eigenvalue weighted by molar-refractivity contribution is 9.10. The molecule has 1 atom stereocenters. The highest BCUT2D eigenvalue weighted by atomic mass is 79.9. The van der Waals surface area contributed by atoms with E-state index in [9.17, 15) is 0 Å². The van der Waals surface area contributed by atoms with Crippen LogP contribution in [0.3, 0.4) is 0 Å². The van der Waals surface area contributed by atoms with Crippen molar-refractivity contribution in [2.75, 3.05) is 13.6 Å². The highest BCUT2D eigenvalue weighted by Gasteiger charge is 2.26. The Morgan fingerprint density at radius 3 is 2.72 bits per heavy atom. The van der Waals surface area contributed by atoms with E-state index in [0.717, 1.165) is 17.6 Å². The summed E-state index contributed by atoms with van der Waals surface area (Å²) in [6.07, 6.45) is 0. The lowest BCUT2D eigenvalue weighted by molar-refractivity contribution is 0.292. The summed E-state index contributed by atoms with van der Waals surface area (Å²) in [5.74, 6) is 0.483. The Morgan fingerprint density at radius 1 is 1.28 bits per heavy atom. The Morgan fingerprint density at radius 2 is 2.00 bits per heavy atom. The number of nitrogens with one attached hydrogen (secondary N) is 1. The van der Waals surface area contributed by atoms with Crippen molar-refractivity contribution >= 4 is 15.9 Å². The van der Waals surface area contributed by atoms with Crippen LogP contribution in [0.5, 0.6) is 0 Å². The highest BCUT2D eigenvalue weighted by Crippen LogP contribution is 2.33. The summed E-state index contributed by atoms with van der Waals surface area (Å²) in [6.45, 7) is 4.25. The summed E-state index contributed by atoms with van der Waals surface area (Å²) >= 11 is 3.50. The third kappa shape index (κ3) is 2.13. The van der Waals surface area contributed by atoms with Gasteiger partial charge in [-0.15, -0.1) is 0 Å². The van der Waals surface area contributed by atoms with Gasteiger partial charge in [0.05, 0.1) is 0 Å². The van der Waals surface area contributed by atoms with Gasteiger partial charge in [-0.1, -0.05) is 28.1 Å². The van der Waals surface area contributed by atoms with E-state index in [1.54, 1.807) is 0 Å². The molecule has 0 radical (unpaired) electrons. The average molecular weight is 305 g/mol. The van der Waals surface area contributed by atoms with Gasteiger partial charge in [0.2, 0.25) is 0 Å². The smallest absolute Gasteiger partial charge is 0.0385 e. The number of benzene rings is 1. The lowest BCUT2D eigenvalue weighted by Crippen LogP contribution is -2.30. The molecular weight excluding hydrogens is 288 g/mol. The molecule has 2 aromatic rings. The molecule has 1 aliphatic heterocycles. The van der Waals surface area contributed by atoms with Crippen molar-refractivity contribution in [1.29, 1.82) is 0 Å². The molecule has 0 spiro atoms. The number of halogens is 1. The van der Waals surface area contributed by atoms with Crippen LogP contribution in [0.4, 0.5) is 0 Å². The number of fused-ring (bicyclic) bond motifs is 1. The van der Waals surface area contributed by atoms with Crippen molar-refractivity contribution in [2.24, 2.45) is 0 Å². The number of aromatic amines is 1. The minimum absolute atomic E-state index is 0.483. The number of hydrogen-bond donors (Lipinski definition) is 1. The largest absolute Gasteiger partial charge is 0.361 e. The van der Waals surface area contributed by atoms with Crippen LogP contribution in [-0.2, 0) is 6.54 Å². The summed E-state index contributed by atoms with van der Waals surface area (Å²) in [4.78, 5) is 5.87. The fourth-order valence-corrected chi connectivity index (χ4v) is 3.10. The van der Waals surface area contributed by atoms with Gasteiger partial charge < -0.3 is 4.98 Å². The second kappa shape index (κ2) is 4.56. The molecule has 0 fully saturated rings. The van der Waals surface area contributed by atoms with E-state index in [4.69, 9.17) is 0 Å². The topological polar surface area (TPSA) is 19.0 Å². The van der Waals surface area contributed by atoms with Gasteiger partial charge in [-0.2, -0.15) is 0 Å². The molecule has 0 saturated carbocycles. The van der Waals surface area contributed by atoms with E-state index in [2.05, 4.69) is 70.1 Å². The molecule has 1 aromatic carbocycles. The standard InChI is InChI=1S/C15H17BrN2/c1-10-7-13-14(8-18(2)9-15(13)17-10)11-3-5-12(16)6-4-11/h3-7,14,17H,8-9H2,1-2H3. The van der Waals surface area contributed by atoms with E-state index in [1.165, 1.54) is 22.5 Å². The molecule has 1 aliphatic rings. The van der Waals surface area contributed by atoms with Crippen LogP contribution in [-0.4, -0.2) is 23.5 Å². The lowest BCUT2D eigenvalue weighted by Gasteiger charge is -2.30. The van der Waals surface area contributed by atoms with Gasteiger partial charge >= 0.3 is 0 Å². The maximum Gasteiger partial charge on any atom is 0.0385 e. The summed E-state index contributed by atoms with van der Waals surface area (Å²) in [5, 5.41) is 0. The Balaban J connectivity index is 2.04. The molecule has 1 N–H and O–H groups in total. The first-order chi connectivity index (χ1) is 8.63. The summed E-state index contributed by atoms with van der Waals surface area (Å²) in [5.41, 5.74) is 5.49. The Labute approximate surface area is 116 Å². The van der Waals surface area contributed by atoms with E-state index in [0.29, 0.717) is 5.92 Å². The zero-order chi connectivity index (χ0) is 12.7. The number of hydrogen-bond acceptors (Lipinski definition) is 1. The van der Waals surface area contributed by atoms with E-state index in [-0.39, 0.29) is 0 Å². The van der Waals surface area contributed by atoms with Gasteiger partial charge in [0.25, 0.3) is 0 Å². The summed E-state index contributed by atoms with van der Waals surface area (Å²) < 4.78 is 1.14. The van der Waals surface area contributed by atoms with E-state index < -0.39 is 0 Å². The monoisotopic (exact) mass is 304 g/mol. The summed E-state index contributed by atoms with van der Waals surface area (Å²) in [7, 11) is 2.19. The predicted molar refractivity (Wildman–Crippen MR) is 77.8 cm³/mol. The van der Waals surface area contributed by atoms with Crippen LogP contribution in [0.1, 0.15) is 28.4 Å². The molecule has 3 heteroatoms. The Hall–Kier alpha value is -1.06. The van der Waals surface area contributed by atoms with Crippen molar-refractivity contribution in [2.45, 2.75) is 19.4 Å². The van der Waals surface area contributed by atoms with Crippen molar-refractivity contribution < 1.29 is 0 Å². The predicted octanol–water partition coefficient (Wildman–Crippen LogP) is 3.66. The van der Waals surface area contributed by atoms with E-state index in [1.807, 2.05) is 0 Å². The van der Waals surface area contributed by atoms with Gasteiger partial charge in [-0.05, 0) is 43.3 Å². The maximum absolute atomic E-state index is 3.50. The third-order valence-corrected chi connectivity index (χ3v) is 4.17. The summed E-state index contributed by atoms with van der Waals surface area (Å²) in [6, 6.07) is 11.0. The molecule has 0 saturated heterocycles. The van der Waals surface area contributed by atoms with Crippen LogP contribution >= 0.6 is 15.9 Å². The molecule has 1 aromatic heterocycles. The fourth-order valence-electron chi connectivity index (χ4n) is 2.83. The van der Waals surface area contributed by atoms with Crippen LogP contribution < -0.4 is 0 Å². The van der Waals surface area contributed by atoms with Crippen LogP contribution in [0.2, 0.25) is 0 Å². The Kier molecular flexibility index (Phi) is 3.04. The molecule has 18 heavy (non-hydrogen) atoms. The van der Waals surface area contributed by atoms with Gasteiger partial charge in [0.15, 0.2) is 0 Å². The van der Waals surface area contributed by atoms with Crippen molar-refractivity contribution in [1.82, 2.24) is 9.88 Å². The van der Waals surface area contributed by atoms with Crippen molar-refractivity contribution in [3.8, 4) is 0 Å².